The van der Waals surface area contributed by atoms with Gasteiger partial charge >= 0.3 is 0 Å². The molecule has 6 nitrogen and oxygen atoms in total. The van der Waals surface area contributed by atoms with Crippen LogP contribution >= 0.6 is 0 Å². The Morgan fingerprint density at radius 1 is 1.30 bits per heavy atom. The highest BCUT2D eigenvalue weighted by Gasteiger charge is 2.22. The lowest BCUT2D eigenvalue weighted by molar-refractivity contribution is 0.0622. The molecule has 0 aromatic carbocycles. The van der Waals surface area contributed by atoms with Gasteiger partial charge in [0.25, 0.3) is 0 Å². The Labute approximate surface area is 120 Å². The second-order valence-corrected chi connectivity index (χ2v) is 5.49. The molecule has 1 fully saturated rings. The number of hydrogen-bond acceptors (Lipinski definition) is 6. The summed E-state index contributed by atoms with van der Waals surface area (Å²) in [6, 6.07) is 0.294. The SMILES string of the molecule is CC(C)Oc1ncnc(NC(C)C2CCOCC2)c1N. The third-order valence-electron chi connectivity index (χ3n) is 3.53. The highest BCUT2D eigenvalue weighted by Crippen LogP contribution is 2.28. The summed E-state index contributed by atoms with van der Waals surface area (Å²) in [5, 5.41) is 3.38. The normalized spacial score (nSPS) is 18.0. The topological polar surface area (TPSA) is 82.3 Å². The molecular formula is C14H24N4O2. The maximum Gasteiger partial charge on any atom is 0.242 e. The summed E-state index contributed by atoms with van der Waals surface area (Å²) >= 11 is 0. The van der Waals surface area contributed by atoms with Crippen molar-refractivity contribution >= 4 is 11.5 Å². The van der Waals surface area contributed by atoms with E-state index in [1.165, 1.54) is 6.33 Å². The van der Waals surface area contributed by atoms with E-state index in [1.54, 1.807) is 0 Å². The monoisotopic (exact) mass is 280 g/mol. The van der Waals surface area contributed by atoms with Gasteiger partial charge in [0.1, 0.15) is 12.0 Å². The predicted octanol–water partition coefficient (Wildman–Crippen LogP) is 2.07. The second kappa shape index (κ2) is 6.74. The number of ether oxygens (including phenoxy) is 2. The van der Waals surface area contributed by atoms with E-state index >= 15 is 0 Å². The molecule has 1 aliphatic heterocycles. The van der Waals surface area contributed by atoms with Gasteiger partial charge in [0, 0.05) is 19.3 Å². The Bertz CT molecular complexity index is 433. The zero-order valence-corrected chi connectivity index (χ0v) is 12.4. The van der Waals surface area contributed by atoms with Crippen molar-refractivity contribution in [3.05, 3.63) is 6.33 Å². The van der Waals surface area contributed by atoms with Gasteiger partial charge in [0.05, 0.1) is 6.10 Å². The third kappa shape index (κ3) is 3.72. The van der Waals surface area contributed by atoms with E-state index in [-0.39, 0.29) is 6.10 Å². The molecule has 1 aromatic heterocycles. The number of nitrogens with two attached hydrogens (primary N) is 1. The number of nitrogen functional groups attached to an aromatic ring is 1. The molecule has 1 atom stereocenters. The molecule has 0 aliphatic carbocycles. The van der Waals surface area contributed by atoms with Crippen LogP contribution in [0.3, 0.4) is 0 Å². The van der Waals surface area contributed by atoms with Crippen LogP contribution in [0.25, 0.3) is 0 Å². The van der Waals surface area contributed by atoms with Crippen molar-refractivity contribution in [1.82, 2.24) is 9.97 Å². The van der Waals surface area contributed by atoms with E-state index in [0.29, 0.717) is 29.3 Å². The smallest absolute Gasteiger partial charge is 0.242 e. The van der Waals surface area contributed by atoms with Crippen molar-refractivity contribution in [3.8, 4) is 5.88 Å². The van der Waals surface area contributed by atoms with Crippen LogP contribution in [0.4, 0.5) is 11.5 Å². The van der Waals surface area contributed by atoms with E-state index < -0.39 is 0 Å². The van der Waals surface area contributed by atoms with Crippen LogP contribution in [0.1, 0.15) is 33.6 Å². The highest BCUT2D eigenvalue weighted by atomic mass is 16.5. The van der Waals surface area contributed by atoms with Gasteiger partial charge in [-0.05, 0) is 39.5 Å². The predicted molar refractivity (Wildman–Crippen MR) is 78.8 cm³/mol. The first kappa shape index (κ1) is 14.8. The fourth-order valence-electron chi connectivity index (χ4n) is 2.36. The van der Waals surface area contributed by atoms with Crippen LogP contribution in [0.5, 0.6) is 5.88 Å². The number of nitrogens with zero attached hydrogens (tertiary/aromatic N) is 2. The van der Waals surface area contributed by atoms with Crippen molar-refractivity contribution in [2.45, 2.75) is 45.8 Å². The van der Waals surface area contributed by atoms with Crippen molar-refractivity contribution in [1.29, 1.82) is 0 Å². The first-order chi connectivity index (χ1) is 9.58. The van der Waals surface area contributed by atoms with Crippen LogP contribution < -0.4 is 15.8 Å². The summed E-state index contributed by atoms with van der Waals surface area (Å²) in [4.78, 5) is 8.30. The van der Waals surface area contributed by atoms with Gasteiger partial charge in [-0.3, -0.25) is 0 Å². The van der Waals surface area contributed by atoms with Crippen LogP contribution in [-0.4, -0.2) is 35.3 Å². The number of hydrogen-bond donors (Lipinski definition) is 2. The summed E-state index contributed by atoms with van der Waals surface area (Å²) in [5.41, 5.74) is 6.54. The van der Waals surface area contributed by atoms with Gasteiger partial charge in [0.15, 0.2) is 5.82 Å². The fourth-order valence-corrected chi connectivity index (χ4v) is 2.36. The second-order valence-electron chi connectivity index (χ2n) is 5.49. The molecule has 1 unspecified atom stereocenters. The van der Waals surface area contributed by atoms with E-state index in [9.17, 15) is 0 Å². The molecule has 6 heteroatoms. The van der Waals surface area contributed by atoms with Gasteiger partial charge in [-0.2, -0.15) is 4.98 Å². The summed E-state index contributed by atoms with van der Waals surface area (Å²) < 4.78 is 11.0. The van der Waals surface area contributed by atoms with Crippen molar-refractivity contribution in [2.75, 3.05) is 24.3 Å². The van der Waals surface area contributed by atoms with Crippen LogP contribution in [0.2, 0.25) is 0 Å². The van der Waals surface area contributed by atoms with Crippen LogP contribution in [-0.2, 0) is 4.74 Å². The standard InChI is InChI=1S/C14H24N4O2/c1-9(2)20-14-12(15)13(16-8-17-14)18-10(3)11-4-6-19-7-5-11/h8-11H,4-7,15H2,1-3H3,(H,16,17,18). The summed E-state index contributed by atoms with van der Waals surface area (Å²) in [5.74, 6) is 1.67. The molecule has 0 amide bonds. The highest BCUT2D eigenvalue weighted by molar-refractivity contribution is 5.66. The molecule has 112 valence electrons. The minimum atomic E-state index is 0.0352. The number of rotatable bonds is 5. The maximum atomic E-state index is 6.07. The zero-order valence-electron chi connectivity index (χ0n) is 12.4. The van der Waals surface area contributed by atoms with Gasteiger partial charge in [0.2, 0.25) is 5.88 Å². The van der Waals surface area contributed by atoms with E-state index in [4.69, 9.17) is 15.2 Å². The molecule has 0 bridgehead atoms. The van der Waals surface area contributed by atoms with E-state index in [1.807, 2.05) is 13.8 Å². The minimum absolute atomic E-state index is 0.0352. The fraction of sp³-hybridized carbons (Fsp3) is 0.714. The molecule has 0 radical (unpaired) electrons. The Hall–Kier alpha value is -1.56. The molecule has 2 rings (SSSR count). The summed E-state index contributed by atoms with van der Waals surface area (Å²) in [7, 11) is 0. The van der Waals surface area contributed by atoms with Crippen molar-refractivity contribution in [2.24, 2.45) is 5.92 Å². The molecule has 2 heterocycles. The van der Waals surface area contributed by atoms with Crippen LogP contribution in [0, 0.1) is 5.92 Å². The van der Waals surface area contributed by atoms with Crippen molar-refractivity contribution in [3.63, 3.8) is 0 Å². The first-order valence-electron chi connectivity index (χ1n) is 7.19. The molecule has 3 N–H and O–H groups in total. The Kier molecular flexibility index (Phi) is 5.00. The van der Waals surface area contributed by atoms with Gasteiger partial charge < -0.3 is 20.5 Å². The molecule has 20 heavy (non-hydrogen) atoms. The van der Waals surface area contributed by atoms with Crippen molar-refractivity contribution < 1.29 is 9.47 Å². The Morgan fingerprint density at radius 2 is 2.00 bits per heavy atom. The quantitative estimate of drug-likeness (QED) is 0.859. The Morgan fingerprint density at radius 3 is 2.65 bits per heavy atom. The lowest BCUT2D eigenvalue weighted by atomic mass is 9.93. The third-order valence-corrected chi connectivity index (χ3v) is 3.53. The Balaban J connectivity index is 2.04. The number of anilines is 2. The van der Waals surface area contributed by atoms with Gasteiger partial charge in [-0.1, -0.05) is 0 Å². The lowest BCUT2D eigenvalue weighted by Gasteiger charge is -2.29. The molecule has 1 saturated heterocycles. The molecule has 0 spiro atoms. The maximum absolute atomic E-state index is 6.07. The average molecular weight is 280 g/mol. The summed E-state index contributed by atoms with van der Waals surface area (Å²) in [6.45, 7) is 7.70. The van der Waals surface area contributed by atoms with Gasteiger partial charge in [-0.15, -0.1) is 0 Å². The molecular weight excluding hydrogens is 256 g/mol. The number of nitrogens with one attached hydrogen (secondary N) is 1. The summed E-state index contributed by atoms with van der Waals surface area (Å²) in [6.07, 6.45) is 3.64. The number of aromatic nitrogens is 2. The first-order valence-corrected chi connectivity index (χ1v) is 7.19. The van der Waals surface area contributed by atoms with Crippen LogP contribution in [0.15, 0.2) is 6.33 Å². The van der Waals surface area contributed by atoms with E-state index in [2.05, 4.69) is 22.2 Å². The molecule has 1 aliphatic rings. The van der Waals surface area contributed by atoms with E-state index in [0.717, 1.165) is 26.1 Å². The average Bonchev–Trinajstić information content (AvgIpc) is 2.43. The zero-order chi connectivity index (χ0) is 14.5. The molecule has 0 saturated carbocycles. The minimum Gasteiger partial charge on any atom is -0.473 e. The molecule has 1 aromatic rings. The van der Waals surface area contributed by atoms with Gasteiger partial charge in [-0.25, -0.2) is 4.98 Å². The lowest BCUT2D eigenvalue weighted by Crippen LogP contribution is -2.31. The largest absolute Gasteiger partial charge is 0.473 e.